The van der Waals surface area contributed by atoms with Gasteiger partial charge in [-0.15, -0.1) is 0 Å². The van der Waals surface area contributed by atoms with Gasteiger partial charge in [0, 0.05) is 12.0 Å². The van der Waals surface area contributed by atoms with Crippen molar-refractivity contribution in [3.8, 4) is 11.5 Å². The van der Waals surface area contributed by atoms with Crippen LogP contribution in [0.4, 0.5) is 0 Å². The minimum Gasteiger partial charge on any atom is -0.496 e. The summed E-state index contributed by atoms with van der Waals surface area (Å²) in [6.45, 7) is 3.52. The van der Waals surface area contributed by atoms with Crippen LogP contribution >= 0.6 is 0 Å². The maximum atomic E-state index is 12.3. The highest BCUT2D eigenvalue weighted by atomic mass is 16.5. The molecule has 5 heteroatoms. The van der Waals surface area contributed by atoms with E-state index in [-0.39, 0.29) is 18.8 Å². The van der Waals surface area contributed by atoms with Gasteiger partial charge in [-0.25, -0.2) is 0 Å². The summed E-state index contributed by atoms with van der Waals surface area (Å²) in [4.78, 5) is 12.3. The lowest BCUT2D eigenvalue weighted by Crippen LogP contribution is -2.39. The van der Waals surface area contributed by atoms with Gasteiger partial charge in [0.1, 0.15) is 17.1 Å². The Balaban J connectivity index is 2.53. The molecule has 0 bridgehead atoms. The average molecular weight is 294 g/mol. The van der Waals surface area contributed by atoms with E-state index >= 15 is 0 Å². The summed E-state index contributed by atoms with van der Waals surface area (Å²) in [5.74, 6) is 1.06. The van der Waals surface area contributed by atoms with Crippen molar-refractivity contribution in [2.75, 3.05) is 13.7 Å². The lowest BCUT2D eigenvalue weighted by Gasteiger charge is -2.35. The summed E-state index contributed by atoms with van der Waals surface area (Å²) in [6.07, 6.45) is 0.303. The SMILES string of the molecule is CCC1(C)CC(=O)c2ccc(OC)c(CC(O)CO)c2O1. The standard InChI is InChI=1S/C16H22O5/c1-4-16(2)8-13(19)11-5-6-14(20-3)12(15(11)21-16)7-10(18)9-17/h5-6,10,17-18H,4,7-9H2,1-3H3. The van der Waals surface area contributed by atoms with Gasteiger partial charge in [0.25, 0.3) is 0 Å². The van der Waals surface area contributed by atoms with Crippen molar-refractivity contribution in [3.63, 3.8) is 0 Å². The number of fused-ring (bicyclic) bond motifs is 1. The molecule has 0 fully saturated rings. The molecular weight excluding hydrogens is 272 g/mol. The van der Waals surface area contributed by atoms with Crippen molar-refractivity contribution in [1.82, 2.24) is 0 Å². The first-order valence-electron chi connectivity index (χ1n) is 7.15. The van der Waals surface area contributed by atoms with Crippen LogP contribution in [0.15, 0.2) is 12.1 Å². The molecule has 2 atom stereocenters. The van der Waals surface area contributed by atoms with E-state index < -0.39 is 11.7 Å². The minimum atomic E-state index is -0.918. The number of carbonyl (C=O) groups is 1. The summed E-state index contributed by atoms with van der Waals surface area (Å²) < 4.78 is 11.4. The number of hydrogen-bond acceptors (Lipinski definition) is 5. The summed E-state index contributed by atoms with van der Waals surface area (Å²) in [7, 11) is 1.53. The molecule has 0 amide bonds. The zero-order chi connectivity index (χ0) is 15.6. The Morgan fingerprint density at radius 1 is 1.48 bits per heavy atom. The fraction of sp³-hybridized carbons (Fsp3) is 0.562. The Kier molecular flexibility index (Phi) is 4.54. The second kappa shape index (κ2) is 6.03. The van der Waals surface area contributed by atoms with Gasteiger partial charge >= 0.3 is 0 Å². The predicted molar refractivity (Wildman–Crippen MR) is 78.1 cm³/mol. The number of hydrogen-bond donors (Lipinski definition) is 2. The average Bonchev–Trinajstić information content (AvgIpc) is 2.47. The fourth-order valence-electron chi connectivity index (χ4n) is 2.55. The van der Waals surface area contributed by atoms with E-state index in [0.717, 1.165) is 0 Å². The van der Waals surface area contributed by atoms with Gasteiger partial charge in [-0.05, 0) is 25.5 Å². The van der Waals surface area contributed by atoms with Crippen LogP contribution < -0.4 is 9.47 Å². The van der Waals surface area contributed by atoms with Crippen LogP contribution in [0.5, 0.6) is 11.5 Å². The molecule has 2 N–H and O–H groups in total. The Hall–Kier alpha value is -1.59. The normalized spacial score (nSPS) is 22.4. The van der Waals surface area contributed by atoms with E-state index in [2.05, 4.69) is 0 Å². The van der Waals surface area contributed by atoms with Crippen molar-refractivity contribution in [2.45, 2.75) is 44.8 Å². The maximum absolute atomic E-state index is 12.3. The number of aliphatic hydroxyl groups is 2. The molecule has 1 aromatic rings. The molecule has 2 rings (SSSR count). The highest BCUT2D eigenvalue weighted by Crippen LogP contribution is 2.41. The zero-order valence-electron chi connectivity index (χ0n) is 12.7. The third kappa shape index (κ3) is 3.04. The monoisotopic (exact) mass is 294 g/mol. The number of ether oxygens (including phenoxy) is 2. The minimum absolute atomic E-state index is 0.0305. The molecule has 1 aliphatic rings. The largest absolute Gasteiger partial charge is 0.496 e. The van der Waals surface area contributed by atoms with Crippen LogP contribution in [0.2, 0.25) is 0 Å². The summed E-state index contributed by atoms with van der Waals surface area (Å²) in [5.41, 5.74) is 0.598. The predicted octanol–water partition coefficient (Wildman–Crippen LogP) is 1.72. The molecule has 21 heavy (non-hydrogen) atoms. The van der Waals surface area contributed by atoms with Gasteiger partial charge in [-0.2, -0.15) is 0 Å². The van der Waals surface area contributed by atoms with Gasteiger partial charge in [0.2, 0.25) is 0 Å². The van der Waals surface area contributed by atoms with E-state index in [1.54, 1.807) is 12.1 Å². The highest BCUT2D eigenvalue weighted by Gasteiger charge is 2.37. The maximum Gasteiger partial charge on any atom is 0.170 e. The first kappa shape index (κ1) is 15.8. The second-order valence-electron chi connectivity index (χ2n) is 5.67. The third-order valence-corrected chi connectivity index (χ3v) is 4.02. The molecule has 2 unspecified atom stereocenters. The molecule has 1 aromatic carbocycles. The fourth-order valence-corrected chi connectivity index (χ4v) is 2.55. The Labute approximate surface area is 124 Å². The lowest BCUT2D eigenvalue weighted by molar-refractivity contribution is 0.0473. The Morgan fingerprint density at radius 3 is 2.76 bits per heavy atom. The number of benzene rings is 1. The van der Waals surface area contributed by atoms with Gasteiger partial charge in [0.15, 0.2) is 5.78 Å². The molecular formula is C16H22O5. The second-order valence-corrected chi connectivity index (χ2v) is 5.67. The van der Waals surface area contributed by atoms with Crippen LogP contribution in [-0.2, 0) is 6.42 Å². The van der Waals surface area contributed by atoms with Gasteiger partial charge in [-0.1, -0.05) is 6.92 Å². The molecule has 116 valence electrons. The molecule has 0 radical (unpaired) electrons. The first-order valence-corrected chi connectivity index (χ1v) is 7.15. The van der Waals surface area contributed by atoms with E-state index in [0.29, 0.717) is 35.5 Å². The van der Waals surface area contributed by atoms with E-state index in [9.17, 15) is 9.90 Å². The molecule has 0 saturated carbocycles. The van der Waals surface area contributed by atoms with Crippen molar-refractivity contribution >= 4 is 5.78 Å². The van der Waals surface area contributed by atoms with Gasteiger partial charge in [0.05, 0.1) is 31.8 Å². The van der Waals surface area contributed by atoms with E-state index in [1.165, 1.54) is 7.11 Å². The number of ketones is 1. The van der Waals surface area contributed by atoms with Crippen molar-refractivity contribution in [1.29, 1.82) is 0 Å². The molecule has 0 aromatic heterocycles. The quantitative estimate of drug-likeness (QED) is 0.865. The van der Waals surface area contributed by atoms with E-state index in [1.807, 2.05) is 13.8 Å². The Morgan fingerprint density at radius 2 is 2.19 bits per heavy atom. The molecule has 1 aliphatic heterocycles. The van der Waals surface area contributed by atoms with Crippen molar-refractivity contribution < 1.29 is 24.5 Å². The third-order valence-electron chi connectivity index (χ3n) is 4.02. The lowest BCUT2D eigenvalue weighted by atomic mass is 9.87. The number of Topliss-reactive ketones (excluding diaryl/α,β-unsaturated/α-hetero) is 1. The molecule has 0 aliphatic carbocycles. The van der Waals surface area contributed by atoms with Gasteiger partial charge < -0.3 is 19.7 Å². The zero-order valence-corrected chi connectivity index (χ0v) is 12.7. The molecule has 5 nitrogen and oxygen atoms in total. The Bertz CT molecular complexity index is 540. The number of methoxy groups -OCH3 is 1. The summed E-state index contributed by atoms with van der Waals surface area (Å²) in [6, 6.07) is 3.40. The first-order chi connectivity index (χ1) is 9.94. The highest BCUT2D eigenvalue weighted by molar-refractivity contribution is 6.01. The van der Waals surface area contributed by atoms with Crippen LogP contribution in [0, 0.1) is 0 Å². The van der Waals surface area contributed by atoms with Crippen molar-refractivity contribution in [2.24, 2.45) is 0 Å². The van der Waals surface area contributed by atoms with E-state index in [4.69, 9.17) is 14.6 Å². The van der Waals surface area contributed by atoms with Crippen LogP contribution in [0.1, 0.15) is 42.6 Å². The van der Waals surface area contributed by atoms with Crippen molar-refractivity contribution in [3.05, 3.63) is 23.3 Å². The van der Waals surface area contributed by atoms with Gasteiger partial charge in [-0.3, -0.25) is 4.79 Å². The summed E-state index contributed by atoms with van der Waals surface area (Å²) in [5, 5.41) is 18.8. The van der Waals surface area contributed by atoms with Crippen LogP contribution in [-0.4, -0.2) is 41.4 Å². The molecule has 0 spiro atoms. The number of carbonyl (C=O) groups excluding carboxylic acids is 1. The van der Waals surface area contributed by atoms with Crippen LogP contribution in [0.25, 0.3) is 0 Å². The van der Waals surface area contributed by atoms with Crippen LogP contribution in [0.3, 0.4) is 0 Å². The molecule has 0 saturated heterocycles. The number of rotatable bonds is 5. The summed E-state index contributed by atoms with van der Waals surface area (Å²) >= 11 is 0. The molecule has 1 heterocycles. The topological polar surface area (TPSA) is 76.0 Å². The smallest absolute Gasteiger partial charge is 0.170 e. The number of aliphatic hydroxyl groups excluding tert-OH is 2.